The van der Waals surface area contributed by atoms with Crippen LogP contribution in [0.25, 0.3) is 0 Å². The van der Waals surface area contributed by atoms with E-state index in [1.165, 1.54) is 11.3 Å². The molecule has 1 aromatic rings. The zero-order chi connectivity index (χ0) is 15.1. The number of piperidine rings is 1. The number of hydrogen-bond donors (Lipinski definition) is 1. The van der Waals surface area contributed by atoms with E-state index in [4.69, 9.17) is 9.84 Å². The Bertz CT molecular complexity index is 521. The molecule has 0 aromatic carbocycles. The van der Waals surface area contributed by atoms with Crippen molar-refractivity contribution in [3.05, 3.63) is 21.9 Å². The van der Waals surface area contributed by atoms with E-state index < -0.39 is 0 Å². The van der Waals surface area contributed by atoms with Gasteiger partial charge in [0.2, 0.25) is 0 Å². The van der Waals surface area contributed by atoms with Crippen molar-refractivity contribution < 1.29 is 14.6 Å². The van der Waals surface area contributed by atoms with Crippen LogP contribution in [-0.2, 0) is 4.74 Å². The molecule has 1 fully saturated rings. The van der Waals surface area contributed by atoms with Crippen LogP contribution in [0.3, 0.4) is 0 Å². The predicted octanol–water partition coefficient (Wildman–Crippen LogP) is 1.98. The van der Waals surface area contributed by atoms with Crippen molar-refractivity contribution in [3.8, 4) is 11.8 Å². The number of carbonyl (C=O) groups excluding carboxylic acids is 1. The average Bonchev–Trinajstić information content (AvgIpc) is 2.96. The van der Waals surface area contributed by atoms with E-state index >= 15 is 0 Å². The van der Waals surface area contributed by atoms with Gasteiger partial charge in [0.25, 0.3) is 5.91 Å². The van der Waals surface area contributed by atoms with Crippen molar-refractivity contribution >= 4 is 17.2 Å². The van der Waals surface area contributed by atoms with E-state index in [-0.39, 0.29) is 12.5 Å². The topological polar surface area (TPSA) is 49.8 Å². The highest BCUT2D eigenvalue weighted by Gasteiger charge is 2.25. The molecule has 1 saturated heterocycles. The maximum Gasteiger partial charge on any atom is 0.265 e. The van der Waals surface area contributed by atoms with Gasteiger partial charge in [0.05, 0.1) is 6.61 Å². The summed E-state index contributed by atoms with van der Waals surface area (Å²) in [7, 11) is 1.72. The van der Waals surface area contributed by atoms with E-state index in [9.17, 15) is 4.79 Å². The number of thiophene rings is 1. The standard InChI is InChI=1S/C16H21NO3S/c1-20-12-13-5-8-17(9-6-13)16(19)15-14(7-11-21-15)4-2-3-10-18/h7,11,13,18H,3,5-6,8-10,12H2,1H3. The molecular weight excluding hydrogens is 286 g/mol. The number of aliphatic hydroxyl groups is 1. The SMILES string of the molecule is COCC1CCN(C(=O)c2sccc2C#CCCO)CC1. The minimum Gasteiger partial charge on any atom is -0.395 e. The van der Waals surface area contributed by atoms with Crippen molar-refractivity contribution in [2.24, 2.45) is 5.92 Å². The van der Waals surface area contributed by atoms with Gasteiger partial charge in [-0.15, -0.1) is 11.3 Å². The lowest BCUT2D eigenvalue weighted by molar-refractivity contribution is 0.0618. The minimum absolute atomic E-state index is 0.0490. The average molecular weight is 307 g/mol. The molecule has 0 unspecified atom stereocenters. The number of aliphatic hydroxyl groups excluding tert-OH is 1. The number of nitrogens with zero attached hydrogens (tertiary/aromatic N) is 1. The van der Waals surface area contributed by atoms with Crippen LogP contribution in [0.2, 0.25) is 0 Å². The van der Waals surface area contributed by atoms with Crippen LogP contribution in [0.4, 0.5) is 0 Å². The second kappa shape index (κ2) is 8.18. The fourth-order valence-electron chi connectivity index (χ4n) is 2.47. The Morgan fingerprint density at radius 2 is 2.29 bits per heavy atom. The largest absolute Gasteiger partial charge is 0.395 e. The van der Waals surface area contributed by atoms with Gasteiger partial charge in [-0.1, -0.05) is 11.8 Å². The molecule has 1 aliphatic heterocycles. The van der Waals surface area contributed by atoms with Crippen LogP contribution >= 0.6 is 11.3 Å². The number of amides is 1. The molecule has 0 saturated carbocycles. The Hall–Kier alpha value is -1.35. The van der Waals surface area contributed by atoms with Gasteiger partial charge in [-0.25, -0.2) is 0 Å². The molecule has 5 heteroatoms. The number of methoxy groups -OCH3 is 1. The van der Waals surface area contributed by atoms with Crippen LogP contribution in [0.5, 0.6) is 0 Å². The number of likely N-dealkylation sites (tertiary alicyclic amines) is 1. The van der Waals surface area contributed by atoms with E-state index in [1.54, 1.807) is 7.11 Å². The maximum absolute atomic E-state index is 12.6. The Kier molecular flexibility index (Phi) is 6.24. The molecule has 2 rings (SSSR count). The summed E-state index contributed by atoms with van der Waals surface area (Å²) in [6, 6.07) is 1.87. The van der Waals surface area contributed by atoms with Crippen molar-refractivity contribution in [1.82, 2.24) is 4.90 Å². The van der Waals surface area contributed by atoms with Crippen LogP contribution in [0.15, 0.2) is 11.4 Å². The first kappa shape index (κ1) is 16.0. The lowest BCUT2D eigenvalue weighted by atomic mass is 9.97. The van der Waals surface area contributed by atoms with Crippen molar-refractivity contribution in [2.75, 3.05) is 33.4 Å². The quantitative estimate of drug-likeness (QED) is 0.865. The number of ether oxygens (including phenoxy) is 1. The molecule has 2 heterocycles. The monoisotopic (exact) mass is 307 g/mol. The van der Waals surface area contributed by atoms with Gasteiger partial charge in [0, 0.05) is 38.8 Å². The highest BCUT2D eigenvalue weighted by molar-refractivity contribution is 7.12. The van der Waals surface area contributed by atoms with E-state index in [0.29, 0.717) is 17.2 Å². The smallest absolute Gasteiger partial charge is 0.265 e. The van der Waals surface area contributed by atoms with Gasteiger partial charge in [-0.05, 0) is 30.2 Å². The minimum atomic E-state index is 0.0490. The van der Waals surface area contributed by atoms with E-state index in [2.05, 4.69) is 11.8 Å². The Balaban J connectivity index is 1.99. The number of rotatable bonds is 4. The summed E-state index contributed by atoms with van der Waals surface area (Å²) in [5.74, 6) is 6.49. The van der Waals surface area contributed by atoms with Crippen LogP contribution < -0.4 is 0 Å². The molecular formula is C16H21NO3S. The Morgan fingerprint density at radius 1 is 1.52 bits per heavy atom. The second-order valence-corrected chi connectivity index (χ2v) is 6.05. The summed E-state index contributed by atoms with van der Waals surface area (Å²) in [6.07, 6.45) is 2.43. The molecule has 1 aliphatic rings. The molecule has 0 bridgehead atoms. The van der Waals surface area contributed by atoms with Gasteiger partial charge >= 0.3 is 0 Å². The number of hydrogen-bond acceptors (Lipinski definition) is 4. The zero-order valence-electron chi connectivity index (χ0n) is 12.3. The summed E-state index contributed by atoms with van der Waals surface area (Å²) < 4.78 is 5.18. The van der Waals surface area contributed by atoms with Gasteiger partial charge in [0.15, 0.2) is 0 Å². The summed E-state index contributed by atoms with van der Waals surface area (Å²) in [4.78, 5) is 15.2. The molecule has 1 amide bonds. The summed E-state index contributed by atoms with van der Waals surface area (Å²) in [5.41, 5.74) is 0.775. The molecule has 1 aromatic heterocycles. The lowest BCUT2D eigenvalue weighted by Crippen LogP contribution is -2.39. The third-order valence-electron chi connectivity index (χ3n) is 3.62. The summed E-state index contributed by atoms with van der Waals surface area (Å²) >= 11 is 1.44. The lowest BCUT2D eigenvalue weighted by Gasteiger charge is -2.31. The van der Waals surface area contributed by atoms with E-state index in [1.807, 2.05) is 16.3 Å². The van der Waals surface area contributed by atoms with Crippen molar-refractivity contribution in [2.45, 2.75) is 19.3 Å². The molecule has 0 aliphatic carbocycles. The molecule has 4 nitrogen and oxygen atoms in total. The molecule has 114 valence electrons. The van der Waals surface area contributed by atoms with Crippen LogP contribution in [0.1, 0.15) is 34.5 Å². The van der Waals surface area contributed by atoms with Crippen molar-refractivity contribution in [3.63, 3.8) is 0 Å². The first-order valence-corrected chi connectivity index (χ1v) is 8.09. The van der Waals surface area contributed by atoms with Crippen LogP contribution in [0, 0.1) is 17.8 Å². The Morgan fingerprint density at radius 3 is 2.95 bits per heavy atom. The first-order chi connectivity index (χ1) is 10.3. The fourth-order valence-corrected chi connectivity index (χ4v) is 3.29. The zero-order valence-corrected chi connectivity index (χ0v) is 13.1. The summed E-state index contributed by atoms with van der Waals surface area (Å²) in [5, 5.41) is 10.7. The third-order valence-corrected chi connectivity index (χ3v) is 4.53. The molecule has 21 heavy (non-hydrogen) atoms. The highest BCUT2D eigenvalue weighted by atomic mass is 32.1. The Labute approximate surface area is 129 Å². The molecule has 1 N–H and O–H groups in total. The predicted molar refractivity (Wildman–Crippen MR) is 83.4 cm³/mol. The fraction of sp³-hybridized carbons (Fsp3) is 0.562. The van der Waals surface area contributed by atoms with Gasteiger partial charge in [-0.2, -0.15) is 0 Å². The van der Waals surface area contributed by atoms with Crippen molar-refractivity contribution in [1.29, 1.82) is 0 Å². The van der Waals surface area contributed by atoms with E-state index in [0.717, 1.165) is 38.1 Å². The van der Waals surface area contributed by atoms with Gasteiger partial charge < -0.3 is 14.7 Å². The second-order valence-electron chi connectivity index (χ2n) is 5.13. The third kappa shape index (κ3) is 4.31. The number of carbonyl (C=O) groups is 1. The van der Waals surface area contributed by atoms with Gasteiger partial charge in [-0.3, -0.25) is 4.79 Å². The highest BCUT2D eigenvalue weighted by Crippen LogP contribution is 2.23. The van der Waals surface area contributed by atoms with Gasteiger partial charge in [0.1, 0.15) is 4.88 Å². The first-order valence-electron chi connectivity index (χ1n) is 7.21. The summed E-state index contributed by atoms with van der Waals surface area (Å²) in [6.45, 7) is 2.40. The van der Waals surface area contributed by atoms with Crippen LogP contribution in [-0.4, -0.2) is 49.3 Å². The normalized spacial score (nSPS) is 15.6. The maximum atomic E-state index is 12.6. The molecule has 0 atom stereocenters. The molecule has 0 radical (unpaired) electrons. The molecule has 0 spiro atoms.